The smallest absolute Gasteiger partial charge is 0.408 e. The third-order valence-electron chi connectivity index (χ3n) is 6.81. The lowest BCUT2D eigenvalue weighted by Crippen LogP contribution is -2.53. The number of amides is 3. The Balaban J connectivity index is 3.51. The van der Waals surface area contributed by atoms with E-state index in [0.717, 1.165) is 61.6 Å². The molecule has 222 valence electrons. The van der Waals surface area contributed by atoms with E-state index >= 15 is 0 Å². The Bertz CT molecular complexity index is 907. The number of hydrogen-bond acceptors (Lipinski definition) is 4. The summed E-state index contributed by atoms with van der Waals surface area (Å²) in [6.07, 6.45) is 6.68. The monoisotopic (exact) mass is 545 g/mol. The van der Waals surface area contributed by atoms with Gasteiger partial charge in [-0.2, -0.15) is 0 Å². The normalized spacial score (nSPS) is 13.1. The van der Waals surface area contributed by atoms with Crippen molar-refractivity contribution in [2.45, 2.75) is 131 Å². The van der Waals surface area contributed by atoms with Crippen LogP contribution in [0.3, 0.4) is 0 Å². The van der Waals surface area contributed by atoms with Crippen LogP contribution in [0.4, 0.5) is 4.79 Å². The van der Waals surface area contributed by atoms with E-state index in [1.807, 2.05) is 45.9 Å². The third-order valence-corrected chi connectivity index (χ3v) is 6.81. The van der Waals surface area contributed by atoms with Gasteiger partial charge in [0.05, 0.1) is 0 Å². The topological polar surface area (TPSA) is 87.7 Å². The first-order valence-electron chi connectivity index (χ1n) is 15.0. The van der Waals surface area contributed by atoms with Gasteiger partial charge in [-0.1, -0.05) is 78.0 Å². The molecule has 2 N–H and O–H groups in total. The Morgan fingerprint density at radius 3 is 2.18 bits per heavy atom. The molecule has 0 radical (unpaired) electrons. The second kappa shape index (κ2) is 17.2. The summed E-state index contributed by atoms with van der Waals surface area (Å²) in [5, 5.41) is 5.94. The molecule has 0 heterocycles. The van der Waals surface area contributed by atoms with Crippen LogP contribution in [0, 0.1) is 19.8 Å². The molecule has 1 rings (SSSR count). The number of ether oxygens (including phenoxy) is 1. The molecule has 7 nitrogen and oxygen atoms in total. The third kappa shape index (κ3) is 12.4. The lowest BCUT2D eigenvalue weighted by Gasteiger charge is -2.36. The molecule has 0 fully saturated rings. The molecule has 0 bridgehead atoms. The van der Waals surface area contributed by atoms with E-state index in [2.05, 4.69) is 24.5 Å². The Kier molecular flexibility index (Phi) is 15.2. The van der Waals surface area contributed by atoms with Crippen LogP contribution in [0.2, 0.25) is 0 Å². The minimum atomic E-state index is -0.800. The van der Waals surface area contributed by atoms with Crippen molar-refractivity contribution in [1.29, 1.82) is 0 Å². The second-order valence-electron chi connectivity index (χ2n) is 12.1. The van der Waals surface area contributed by atoms with E-state index in [9.17, 15) is 14.4 Å². The number of alkyl carbamates (subject to hydrolysis) is 1. The van der Waals surface area contributed by atoms with Gasteiger partial charge in [0.25, 0.3) is 0 Å². The number of carbonyl (C=O) groups excluding carboxylic acids is 3. The summed E-state index contributed by atoms with van der Waals surface area (Å²) in [5.74, 6) is -0.275. The van der Waals surface area contributed by atoms with E-state index in [1.165, 1.54) is 0 Å². The molecule has 2 unspecified atom stereocenters. The van der Waals surface area contributed by atoms with Crippen molar-refractivity contribution in [2.75, 3.05) is 13.1 Å². The Morgan fingerprint density at radius 2 is 1.59 bits per heavy atom. The van der Waals surface area contributed by atoms with Crippen LogP contribution in [-0.4, -0.2) is 47.5 Å². The minimum absolute atomic E-state index is 0.151. The number of rotatable bonds is 16. The second-order valence-corrected chi connectivity index (χ2v) is 12.1. The molecule has 0 spiro atoms. The highest BCUT2D eigenvalue weighted by Crippen LogP contribution is 2.28. The predicted octanol–water partition coefficient (Wildman–Crippen LogP) is 7.00. The molecule has 0 aliphatic carbocycles. The SMILES string of the molecule is CCCCCCN(C(=O)C(CC(C)C)NC(=O)OC(C)(C)C)C(C(=O)NCCCCC)c1cccc(C)c1C. The summed E-state index contributed by atoms with van der Waals surface area (Å²) < 4.78 is 5.50. The van der Waals surface area contributed by atoms with Crippen LogP contribution in [0.5, 0.6) is 0 Å². The van der Waals surface area contributed by atoms with Gasteiger partial charge in [0, 0.05) is 13.1 Å². The largest absolute Gasteiger partial charge is 0.444 e. The molecule has 0 saturated carbocycles. The van der Waals surface area contributed by atoms with Crippen molar-refractivity contribution in [3.05, 3.63) is 34.9 Å². The molecule has 0 aliphatic rings. The first-order chi connectivity index (χ1) is 18.3. The van der Waals surface area contributed by atoms with Crippen molar-refractivity contribution in [2.24, 2.45) is 5.92 Å². The molecule has 39 heavy (non-hydrogen) atoms. The van der Waals surface area contributed by atoms with E-state index < -0.39 is 23.8 Å². The van der Waals surface area contributed by atoms with Gasteiger partial charge in [-0.05, 0) is 76.5 Å². The highest BCUT2D eigenvalue weighted by Gasteiger charge is 2.37. The molecule has 0 aliphatic heterocycles. The fourth-order valence-corrected chi connectivity index (χ4v) is 4.62. The first-order valence-corrected chi connectivity index (χ1v) is 15.0. The number of carbonyl (C=O) groups is 3. The first kappa shape index (κ1) is 34.5. The summed E-state index contributed by atoms with van der Waals surface area (Å²) in [5.41, 5.74) is 2.21. The molecule has 1 aromatic rings. The van der Waals surface area contributed by atoms with E-state index in [-0.39, 0.29) is 17.7 Å². The minimum Gasteiger partial charge on any atom is -0.444 e. The van der Waals surface area contributed by atoms with Crippen molar-refractivity contribution in [3.63, 3.8) is 0 Å². The fourth-order valence-electron chi connectivity index (χ4n) is 4.62. The highest BCUT2D eigenvalue weighted by molar-refractivity contribution is 5.92. The van der Waals surface area contributed by atoms with Crippen LogP contribution in [0.15, 0.2) is 18.2 Å². The summed E-state index contributed by atoms with van der Waals surface area (Å²) in [6.45, 7) is 18.7. The number of nitrogens with one attached hydrogen (secondary N) is 2. The van der Waals surface area contributed by atoms with Crippen LogP contribution < -0.4 is 10.6 Å². The van der Waals surface area contributed by atoms with E-state index in [0.29, 0.717) is 19.5 Å². The number of nitrogens with zero attached hydrogens (tertiary/aromatic N) is 1. The summed E-state index contributed by atoms with van der Waals surface area (Å²) >= 11 is 0. The molecule has 0 aromatic heterocycles. The molecule has 2 atom stereocenters. The number of unbranched alkanes of at least 4 members (excludes halogenated alkanes) is 5. The Labute approximate surface area is 237 Å². The summed E-state index contributed by atoms with van der Waals surface area (Å²) in [7, 11) is 0. The van der Waals surface area contributed by atoms with Gasteiger partial charge in [0.15, 0.2) is 0 Å². The number of aryl methyl sites for hydroxylation is 1. The highest BCUT2D eigenvalue weighted by atomic mass is 16.6. The average molecular weight is 546 g/mol. The van der Waals surface area contributed by atoms with Crippen molar-refractivity contribution in [1.82, 2.24) is 15.5 Å². The molecule has 3 amide bonds. The summed E-state index contributed by atoms with van der Waals surface area (Å²) in [4.78, 5) is 42.6. The molecule has 7 heteroatoms. The van der Waals surface area contributed by atoms with Crippen LogP contribution in [0.1, 0.15) is 123 Å². The van der Waals surface area contributed by atoms with Crippen molar-refractivity contribution >= 4 is 17.9 Å². The quantitative estimate of drug-likeness (QED) is 0.219. The molecule has 1 aromatic carbocycles. The Morgan fingerprint density at radius 1 is 0.949 bits per heavy atom. The van der Waals surface area contributed by atoms with Gasteiger partial charge >= 0.3 is 6.09 Å². The van der Waals surface area contributed by atoms with Gasteiger partial charge in [-0.15, -0.1) is 0 Å². The van der Waals surface area contributed by atoms with Gasteiger partial charge in [-0.3, -0.25) is 9.59 Å². The molecule has 0 saturated heterocycles. The van der Waals surface area contributed by atoms with E-state index in [1.54, 1.807) is 25.7 Å². The zero-order valence-electron chi connectivity index (χ0n) is 26.1. The van der Waals surface area contributed by atoms with Gasteiger partial charge in [-0.25, -0.2) is 4.79 Å². The average Bonchev–Trinajstić information content (AvgIpc) is 2.83. The van der Waals surface area contributed by atoms with Crippen molar-refractivity contribution in [3.8, 4) is 0 Å². The lowest BCUT2D eigenvalue weighted by atomic mass is 9.94. The maximum absolute atomic E-state index is 14.3. The summed E-state index contributed by atoms with van der Waals surface area (Å²) in [6, 6.07) is 4.33. The van der Waals surface area contributed by atoms with Crippen molar-refractivity contribution < 1.29 is 19.1 Å². The fraction of sp³-hybridized carbons (Fsp3) is 0.719. The van der Waals surface area contributed by atoms with Crippen LogP contribution >= 0.6 is 0 Å². The molecular weight excluding hydrogens is 490 g/mol. The van der Waals surface area contributed by atoms with E-state index in [4.69, 9.17) is 4.74 Å². The van der Waals surface area contributed by atoms with Gasteiger partial charge in [0.2, 0.25) is 11.8 Å². The number of benzene rings is 1. The zero-order chi connectivity index (χ0) is 29.6. The van der Waals surface area contributed by atoms with Crippen LogP contribution in [0.25, 0.3) is 0 Å². The Hall–Kier alpha value is -2.57. The van der Waals surface area contributed by atoms with Gasteiger partial charge in [0.1, 0.15) is 17.7 Å². The maximum Gasteiger partial charge on any atom is 0.408 e. The number of hydrogen-bond donors (Lipinski definition) is 2. The lowest BCUT2D eigenvalue weighted by molar-refractivity contribution is -0.143. The standard InChI is InChI=1S/C32H55N3O4/c1-10-12-14-16-21-35(30(37)27(22-23(3)4)34-31(38)39-32(7,8)9)28(29(36)33-20-15-13-11-2)26-19-17-18-24(5)25(26)6/h17-19,23,27-28H,10-16,20-22H2,1-9H3,(H,33,36)(H,34,38). The predicted molar refractivity (Wildman–Crippen MR) is 160 cm³/mol. The molecular formula is C32H55N3O4. The zero-order valence-corrected chi connectivity index (χ0v) is 26.1. The van der Waals surface area contributed by atoms with Gasteiger partial charge < -0.3 is 20.3 Å². The van der Waals surface area contributed by atoms with Crippen LogP contribution in [-0.2, 0) is 14.3 Å². The maximum atomic E-state index is 14.3.